The van der Waals surface area contributed by atoms with Crippen molar-refractivity contribution in [2.24, 2.45) is 0 Å². The van der Waals surface area contributed by atoms with E-state index < -0.39 is 0 Å². The van der Waals surface area contributed by atoms with E-state index in [-0.39, 0.29) is 17.9 Å². The summed E-state index contributed by atoms with van der Waals surface area (Å²) in [7, 11) is 3.23. The highest BCUT2D eigenvalue weighted by atomic mass is 19.1. The molecule has 1 unspecified atom stereocenters. The fraction of sp³-hybridized carbons (Fsp3) is 0.435. The summed E-state index contributed by atoms with van der Waals surface area (Å²) in [5.41, 5.74) is 2.85. The molecule has 162 valence electrons. The van der Waals surface area contributed by atoms with Crippen molar-refractivity contribution in [2.75, 3.05) is 33.9 Å². The molecule has 1 aliphatic heterocycles. The van der Waals surface area contributed by atoms with E-state index in [2.05, 4.69) is 15.5 Å². The predicted molar refractivity (Wildman–Crippen MR) is 114 cm³/mol. The van der Waals surface area contributed by atoms with Crippen LogP contribution in [0.4, 0.5) is 9.18 Å². The first-order chi connectivity index (χ1) is 14.6. The van der Waals surface area contributed by atoms with Crippen LogP contribution in [0.15, 0.2) is 36.4 Å². The van der Waals surface area contributed by atoms with Gasteiger partial charge in [0, 0.05) is 31.7 Å². The maximum atomic E-state index is 14.3. The standard InChI is InChI=1S/C23H30FN3O3/c1-4-10-25-23(28)26-14-20-18-13-22(30-3)21(29-2)12-16(18)9-11-27(20)15-17-7-5-6-8-19(17)24/h5-8,12-13,20H,4,9-11,14-15H2,1-3H3,(H2,25,26,28). The molecule has 6 nitrogen and oxygen atoms in total. The zero-order chi connectivity index (χ0) is 21.5. The Morgan fingerprint density at radius 1 is 1.17 bits per heavy atom. The molecule has 0 bridgehead atoms. The molecular formula is C23H30FN3O3. The van der Waals surface area contributed by atoms with Crippen molar-refractivity contribution in [3.8, 4) is 11.5 Å². The number of nitrogens with one attached hydrogen (secondary N) is 2. The lowest BCUT2D eigenvalue weighted by Crippen LogP contribution is -2.44. The summed E-state index contributed by atoms with van der Waals surface area (Å²) in [4.78, 5) is 14.4. The zero-order valence-electron chi connectivity index (χ0n) is 17.8. The average molecular weight is 416 g/mol. The smallest absolute Gasteiger partial charge is 0.314 e. The number of carbonyl (C=O) groups excluding carboxylic acids is 1. The summed E-state index contributed by atoms with van der Waals surface area (Å²) in [6.45, 7) is 4.25. The number of methoxy groups -OCH3 is 2. The SMILES string of the molecule is CCCNC(=O)NCC1c2cc(OC)c(OC)cc2CCN1Cc1ccccc1F. The first kappa shape index (κ1) is 21.9. The van der Waals surface area contributed by atoms with Crippen LogP contribution in [0.1, 0.15) is 36.1 Å². The van der Waals surface area contributed by atoms with Crippen molar-refractivity contribution in [1.82, 2.24) is 15.5 Å². The highest BCUT2D eigenvalue weighted by molar-refractivity contribution is 5.73. The van der Waals surface area contributed by atoms with E-state index in [0.717, 1.165) is 30.5 Å². The summed E-state index contributed by atoms with van der Waals surface area (Å²) in [6.07, 6.45) is 1.68. The number of urea groups is 1. The minimum Gasteiger partial charge on any atom is -0.493 e. The third-order valence-electron chi connectivity index (χ3n) is 5.44. The second-order valence-electron chi connectivity index (χ2n) is 7.37. The second-order valence-corrected chi connectivity index (χ2v) is 7.37. The average Bonchev–Trinajstić information content (AvgIpc) is 2.77. The molecule has 1 atom stereocenters. The minimum atomic E-state index is -0.219. The van der Waals surface area contributed by atoms with Crippen LogP contribution in [0.2, 0.25) is 0 Å². The summed E-state index contributed by atoms with van der Waals surface area (Å²) in [5.74, 6) is 1.11. The summed E-state index contributed by atoms with van der Waals surface area (Å²) < 4.78 is 25.2. The topological polar surface area (TPSA) is 62.8 Å². The third kappa shape index (κ3) is 5.02. The number of hydrogen-bond acceptors (Lipinski definition) is 4. The molecule has 0 fully saturated rings. The van der Waals surface area contributed by atoms with E-state index in [0.29, 0.717) is 36.7 Å². The summed E-state index contributed by atoms with van der Waals surface area (Å²) >= 11 is 0. The van der Waals surface area contributed by atoms with Gasteiger partial charge in [-0.15, -0.1) is 0 Å². The Bertz CT molecular complexity index is 875. The van der Waals surface area contributed by atoms with Crippen LogP contribution < -0.4 is 20.1 Å². The molecule has 2 amide bonds. The molecule has 0 aromatic heterocycles. The maximum Gasteiger partial charge on any atom is 0.314 e. The maximum absolute atomic E-state index is 14.3. The number of amides is 2. The number of fused-ring (bicyclic) bond motifs is 1. The third-order valence-corrected chi connectivity index (χ3v) is 5.44. The number of carbonyl (C=O) groups is 1. The first-order valence-electron chi connectivity index (χ1n) is 10.3. The van der Waals surface area contributed by atoms with E-state index in [1.54, 1.807) is 26.4 Å². The summed E-state index contributed by atoms with van der Waals surface area (Å²) in [5, 5.41) is 5.80. The molecule has 2 N–H and O–H groups in total. The van der Waals surface area contributed by atoms with Gasteiger partial charge in [-0.2, -0.15) is 0 Å². The van der Waals surface area contributed by atoms with Crippen LogP contribution in [0, 0.1) is 5.82 Å². The monoisotopic (exact) mass is 415 g/mol. The lowest BCUT2D eigenvalue weighted by Gasteiger charge is -2.38. The van der Waals surface area contributed by atoms with Gasteiger partial charge in [0.25, 0.3) is 0 Å². The Hall–Kier alpha value is -2.80. The Morgan fingerprint density at radius 3 is 2.60 bits per heavy atom. The second kappa shape index (κ2) is 10.3. The van der Waals surface area contributed by atoms with Crippen molar-refractivity contribution in [3.05, 3.63) is 58.9 Å². The quantitative estimate of drug-likeness (QED) is 0.691. The van der Waals surface area contributed by atoms with Crippen molar-refractivity contribution in [2.45, 2.75) is 32.4 Å². The molecule has 0 radical (unpaired) electrons. The van der Waals surface area contributed by atoms with Crippen molar-refractivity contribution >= 4 is 6.03 Å². The van der Waals surface area contributed by atoms with Gasteiger partial charge in [-0.05, 0) is 42.2 Å². The lowest BCUT2D eigenvalue weighted by atomic mass is 9.91. The van der Waals surface area contributed by atoms with Gasteiger partial charge in [0.1, 0.15) is 5.82 Å². The van der Waals surface area contributed by atoms with Crippen LogP contribution in [0.3, 0.4) is 0 Å². The highest BCUT2D eigenvalue weighted by Crippen LogP contribution is 2.38. The van der Waals surface area contributed by atoms with Crippen molar-refractivity contribution in [3.63, 3.8) is 0 Å². The molecule has 0 saturated carbocycles. The number of ether oxygens (including phenoxy) is 2. The minimum absolute atomic E-state index is 0.111. The predicted octanol–water partition coefficient (Wildman–Crippen LogP) is 3.65. The zero-order valence-corrected chi connectivity index (χ0v) is 17.8. The molecule has 2 aromatic carbocycles. The van der Waals surface area contributed by atoms with Crippen LogP contribution in [0.25, 0.3) is 0 Å². The Labute approximate surface area is 177 Å². The number of benzene rings is 2. The fourth-order valence-corrected chi connectivity index (χ4v) is 3.84. The van der Waals surface area contributed by atoms with E-state index >= 15 is 0 Å². The molecular weight excluding hydrogens is 385 g/mol. The fourth-order valence-electron chi connectivity index (χ4n) is 3.84. The largest absolute Gasteiger partial charge is 0.493 e. The Balaban J connectivity index is 1.89. The van der Waals surface area contributed by atoms with Gasteiger partial charge in [-0.25, -0.2) is 9.18 Å². The van der Waals surface area contributed by atoms with E-state index in [4.69, 9.17) is 9.47 Å². The number of rotatable bonds is 8. The van der Waals surface area contributed by atoms with Crippen LogP contribution in [0.5, 0.6) is 11.5 Å². The number of nitrogens with zero attached hydrogens (tertiary/aromatic N) is 1. The lowest BCUT2D eigenvalue weighted by molar-refractivity contribution is 0.169. The van der Waals surface area contributed by atoms with Crippen LogP contribution >= 0.6 is 0 Å². The van der Waals surface area contributed by atoms with E-state index in [1.807, 2.05) is 25.1 Å². The van der Waals surface area contributed by atoms with Gasteiger partial charge in [0.15, 0.2) is 11.5 Å². The van der Waals surface area contributed by atoms with Crippen molar-refractivity contribution in [1.29, 1.82) is 0 Å². The molecule has 2 aromatic rings. The van der Waals surface area contributed by atoms with Gasteiger partial charge >= 0.3 is 6.03 Å². The number of hydrogen-bond donors (Lipinski definition) is 2. The normalized spacial score (nSPS) is 15.9. The Kier molecular flexibility index (Phi) is 7.52. The first-order valence-corrected chi connectivity index (χ1v) is 10.3. The molecule has 7 heteroatoms. The molecule has 3 rings (SSSR count). The van der Waals surface area contributed by atoms with E-state index in [9.17, 15) is 9.18 Å². The molecule has 0 saturated heterocycles. The molecule has 30 heavy (non-hydrogen) atoms. The van der Waals surface area contributed by atoms with Gasteiger partial charge < -0.3 is 20.1 Å². The van der Waals surface area contributed by atoms with Crippen LogP contribution in [-0.2, 0) is 13.0 Å². The molecule has 1 aliphatic rings. The highest BCUT2D eigenvalue weighted by Gasteiger charge is 2.30. The van der Waals surface area contributed by atoms with Crippen LogP contribution in [-0.4, -0.2) is 44.8 Å². The van der Waals surface area contributed by atoms with Gasteiger partial charge in [-0.3, -0.25) is 4.90 Å². The van der Waals surface area contributed by atoms with Gasteiger partial charge in [0.2, 0.25) is 0 Å². The summed E-state index contributed by atoms with van der Waals surface area (Å²) in [6, 6.07) is 10.5. The molecule has 0 aliphatic carbocycles. The Morgan fingerprint density at radius 2 is 1.90 bits per heavy atom. The van der Waals surface area contributed by atoms with E-state index in [1.165, 1.54) is 6.07 Å². The number of halogens is 1. The van der Waals surface area contributed by atoms with Gasteiger partial charge in [0.05, 0.1) is 20.3 Å². The van der Waals surface area contributed by atoms with Crippen molar-refractivity contribution < 1.29 is 18.7 Å². The molecule has 1 heterocycles. The van der Waals surface area contributed by atoms with Gasteiger partial charge in [-0.1, -0.05) is 25.1 Å². The molecule has 0 spiro atoms.